The van der Waals surface area contributed by atoms with Gasteiger partial charge in [-0.3, -0.25) is 9.10 Å². The lowest BCUT2D eigenvalue weighted by atomic mass is 10.1. The molecule has 2 rings (SSSR count). The minimum atomic E-state index is -4.24. The molecule has 0 N–H and O–H groups in total. The molecular weight excluding hydrogens is 402 g/mol. The average Bonchev–Trinajstić information content (AvgIpc) is 2.76. The average molecular weight is 423 g/mol. The van der Waals surface area contributed by atoms with Crippen LogP contribution in [0.2, 0.25) is 0 Å². The second kappa shape index (κ2) is 9.28. The fourth-order valence-electron chi connectivity index (χ4n) is 2.55. The van der Waals surface area contributed by atoms with Crippen LogP contribution in [0.15, 0.2) is 47.4 Å². The molecule has 9 nitrogen and oxygen atoms in total. The first-order chi connectivity index (χ1) is 13.8. The third kappa shape index (κ3) is 4.60. The van der Waals surface area contributed by atoms with Crippen LogP contribution in [0.4, 0.5) is 5.69 Å². The Kier molecular flexibility index (Phi) is 7.05. The minimum absolute atomic E-state index is 0.0745. The first-order valence-electron chi connectivity index (χ1n) is 8.29. The molecule has 0 radical (unpaired) electrons. The second-order valence-corrected chi connectivity index (χ2v) is 7.48. The van der Waals surface area contributed by atoms with Crippen molar-refractivity contribution in [2.45, 2.75) is 4.90 Å². The van der Waals surface area contributed by atoms with Crippen molar-refractivity contribution in [1.82, 2.24) is 0 Å². The van der Waals surface area contributed by atoms with E-state index in [0.717, 1.165) is 18.5 Å². The quantitative estimate of drug-likeness (QED) is 0.592. The molecule has 10 heteroatoms. The molecule has 0 aliphatic carbocycles. The maximum Gasteiger partial charge on any atom is 0.340 e. The molecule has 0 amide bonds. The lowest BCUT2D eigenvalue weighted by Gasteiger charge is -2.26. The number of hydrogen-bond donors (Lipinski definition) is 0. The number of methoxy groups -OCH3 is 4. The predicted octanol–water partition coefficient (Wildman–Crippen LogP) is 1.86. The smallest absolute Gasteiger partial charge is 0.340 e. The van der Waals surface area contributed by atoms with Crippen molar-refractivity contribution in [2.75, 3.05) is 39.3 Å². The molecule has 0 atom stereocenters. The van der Waals surface area contributed by atoms with Crippen LogP contribution in [0.1, 0.15) is 10.4 Å². The molecule has 0 aliphatic heterocycles. The number of benzene rings is 2. The number of nitrogens with zero attached hydrogens (tertiary/aromatic N) is 1. The van der Waals surface area contributed by atoms with Crippen LogP contribution >= 0.6 is 0 Å². The number of rotatable bonds is 8. The monoisotopic (exact) mass is 423 g/mol. The third-order valence-corrected chi connectivity index (χ3v) is 5.78. The van der Waals surface area contributed by atoms with E-state index in [9.17, 15) is 18.0 Å². The second-order valence-electron chi connectivity index (χ2n) is 5.62. The number of hydrogen-bond acceptors (Lipinski definition) is 8. The number of carbonyl (C=O) groups is 2. The van der Waals surface area contributed by atoms with Gasteiger partial charge in [0, 0.05) is 12.1 Å². The standard InChI is InChI=1S/C19H21NO8S/c1-25-16-10-14(19(22)28-4)15(11-17(16)26-2)20(12-18(21)27-3)29(23,24)13-8-6-5-7-9-13/h5-11H,12H2,1-4H3. The normalized spacial score (nSPS) is 10.8. The van der Waals surface area contributed by atoms with E-state index in [-0.39, 0.29) is 27.6 Å². The third-order valence-electron chi connectivity index (χ3n) is 4.01. The highest BCUT2D eigenvalue weighted by Gasteiger charge is 2.32. The van der Waals surface area contributed by atoms with Crippen LogP contribution in [0.3, 0.4) is 0 Å². The Morgan fingerprint density at radius 2 is 1.48 bits per heavy atom. The molecule has 0 heterocycles. The molecule has 0 saturated carbocycles. The van der Waals surface area contributed by atoms with Crippen LogP contribution in [-0.2, 0) is 24.3 Å². The van der Waals surface area contributed by atoms with E-state index in [2.05, 4.69) is 4.74 Å². The number of carbonyl (C=O) groups excluding carboxylic acids is 2. The van der Waals surface area contributed by atoms with Gasteiger partial charge < -0.3 is 18.9 Å². The zero-order valence-electron chi connectivity index (χ0n) is 16.4. The fraction of sp³-hybridized carbons (Fsp3) is 0.263. The molecule has 0 unspecified atom stereocenters. The van der Waals surface area contributed by atoms with Crippen LogP contribution in [-0.4, -0.2) is 55.3 Å². The summed E-state index contributed by atoms with van der Waals surface area (Å²) in [6.45, 7) is -0.673. The first kappa shape index (κ1) is 22.0. The molecule has 0 aliphatic rings. The van der Waals surface area contributed by atoms with E-state index in [0.29, 0.717) is 0 Å². The Balaban J connectivity index is 2.79. The molecule has 156 valence electrons. The SMILES string of the molecule is COC(=O)CN(c1cc(OC)c(OC)cc1C(=O)OC)S(=O)(=O)c1ccccc1. The number of ether oxygens (including phenoxy) is 4. The van der Waals surface area contributed by atoms with Crippen LogP contribution < -0.4 is 13.8 Å². The number of sulfonamides is 1. The molecule has 0 spiro atoms. The van der Waals surface area contributed by atoms with Gasteiger partial charge in [-0.2, -0.15) is 0 Å². The van der Waals surface area contributed by atoms with Gasteiger partial charge in [-0.05, 0) is 12.1 Å². The fourth-order valence-corrected chi connectivity index (χ4v) is 3.99. The zero-order valence-corrected chi connectivity index (χ0v) is 17.2. The van der Waals surface area contributed by atoms with Crippen molar-refractivity contribution in [2.24, 2.45) is 0 Å². The minimum Gasteiger partial charge on any atom is -0.493 e. The van der Waals surface area contributed by atoms with Crippen molar-refractivity contribution in [3.05, 3.63) is 48.0 Å². The summed E-state index contributed by atoms with van der Waals surface area (Å²) < 4.78 is 47.2. The summed E-state index contributed by atoms with van der Waals surface area (Å²) in [5.74, 6) is -1.30. The highest BCUT2D eigenvalue weighted by molar-refractivity contribution is 7.92. The Morgan fingerprint density at radius 1 is 0.897 bits per heavy atom. The molecule has 0 aromatic heterocycles. The zero-order chi connectivity index (χ0) is 21.6. The van der Waals surface area contributed by atoms with Crippen LogP contribution in [0.5, 0.6) is 11.5 Å². The summed E-state index contributed by atoms with van der Waals surface area (Å²) >= 11 is 0. The first-order valence-corrected chi connectivity index (χ1v) is 9.73. The van der Waals surface area contributed by atoms with E-state index < -0.39 is 28.5 Å². The van der Waals surface area contributed by atoms with Crippen LogP contribution in [0, 0.1) is 0 Å². The molecular formula is C19H21NO8S. The van der Waals surface area contributed by atoms with E-state index in [1.54, 1.807) is 18.2 Å². The highest BCUT2D eigenvalue weighted by atomic mass is 32.2. The van der Waals surface area contributed by atoms with Crippen molar-refractivity contribution in [1.29, 1.82) is 0 Å². The lowest BCUT2D eigenvalue weighted by molar-refractivity contribution is -0.138. The van der Waals surface area contributed by atoms with Crippen molar-refractivity contribution >= 4 is 27.6 Å². The van der Waals surface area contributed by atoms with Gasteiger partial charge >= 0.3 is 11.9 Å². The van der Waals surface area contributed by atoms with Gasteiger partial charge in [0.05, 0.1) is 44.6 Å². The molecule has 2 aromatic carbocycles. The van der Waals surface area contributed by atoms with Gasteiger partial charge in [0.2, 0.25) is 0 Å². The summed E-state index contributed by atoms with van der Waals surface area (Å²) in [7, 11) is 0.766. The topological polar surface area (TPSA) is 108 Å². The predicted molar refractivity (Wildman–Crippen MR) is 104 cm³/mol. The summed E-state index contributed by atoms with van der Waals surface area (Å²) in [6, 6.07) is 10.0. The van der Waals surface area contributed by atoms with Crippen LogP contribution in [0.25, 0.3) is 0 Å². The largest absolute Gasteiger partial charge is 0.493 e. The summed E-state index contributed by atoms with van der Waals surface area (Å²) in [6.07, 6.45) is 0. The lowest BCUT2D eigenvalue weighted by Crippen LogP contribution is -2.37. The van der Waals surface area contributed by atoms with Crippen molar-refractivity contribution in [3.63, 3.8) is 0 Å². The van der Waals surface area contributed by atoms with Gasteiger partial charge in [-0.25, -0.2) is 13.2 Å². The Hall–Kier alpha value is -3.27. The maximum atomic E-state index is 13.3. The van der Waals surface area contributed by atoms with Crippen molar-refractivity contribution < 1.29 is 37.0 Å². The van der Waals surface area contributed by atoms with Gasteiger partial charge in [0.1, 0.15) is 6.54 Å². The van der Waals surface area contributed by atoms with E-state index in [1.165, 1.54) is 38.5 Å². The summed E-state index contributed by atoms with van der Waals surface area (Å²) in [5.41, 5.74) is -0.252. The van der Waals surface area contributed by atoms with E-state index >= 15 is 0 Å². The highest BCUT2D eigenvalue weighted by Crippen LogP contribution is 2.37. The van der Waals surface area contributed by atoms with Gasteiger partial charge in [-0.1, -0.05) is 18.2 Å². The van der Waals surface area contributed by atoms with Crippen molar-refractivity contribution in [3.8, 4) is 11.5 Å². The Bertz CT molecular complexity index is 989. The van der Waals surface area contributed by atoms with Gasteiger partial charge in [-0.15, -0.1) is 0 Å². The molecule has 0 fully saturated rings. The molecule has 29 heavy (non-hydrogen) atoms. The Labute approximate surface area is 168 Å². The number of anilines is 1. The number of esters is 2. The molecule has 0 bridgehead atoms. The summed E-state index contributed by atoms with van der Waals surface area (Å²) in [4.78, 5) is 24.3. The summed E-state index contributed by atoms with van der Waals surface area (Å²) in [5, 5.41) is 0. The maximum absolute atomic E-state index is 13.3. The molecule has 0 saturated heterocycles. The molecule has 2 aromatic rings. The van der Waals surface area contributed by atoms with Gasteiger partial charge in [0.15, 0.2) is 11.5 Å². The van der Waals surface area contributed by atoms with E-state index in [1.807, 2.05) is 0 Å². The van der Waals surface area contributed by atoms with Gasteiger partial charge in [0.25, 0.3) is 10.0 Å². The Morgan fingerprint density at radius 3 is 2.00 bits per heavy atom. The van der Waals surface area contributed by atoms with E-state index in [4.69, 9.17) is 14.2 Å².